The Bertz CT molecular complexity index is 838. The molecule has 7 heteroatoms. The molecule has 2 heterocycles. The molecule has 0 amide bonds. The first-order valence-electron chi connectivity index (χ1n) is 9.61. The highest BCUT2D eigenvalue weighted by Crippen LogP contribution is 2.22. The number of anilines is 1. The molecule has 0 spiro atoms. The van der Waals surface area contributed by atoms with Gasteiger partial charge in [-0.3, -0.25) is 0 Å². The van der Waals surface area contributed by atoms with Gasteiger partial charge in [0.1, 0.15) is 10.3 Å². The predicted molar refractivity (Wildman–Crippen MR) is 112 cm³/mol. The van der Waals surface area contributed by atoms with E-state index >= 15 is 0 Å². The first-order valence-corrected chi connectivity index (χ1v) is 11.9. The lowest BCUT2D eigenvalue weighted by molar-refractivity contribution is -0.918. The Hall–Kier alpha value is -1.41. The van der Waals surface area contributed by atoms with Crippen molar-refractivity contribution in [3.8, 4) is 0 Å². The van der Waals surface area contributed by atoms with Gasteiger partial charge in [0.2, 0.25) is 10.0 Å². The summed E-state index contributed by atoms with van der Waals surface area (Å²) in [5.41, 5.74) is 2.35. The lowest BCUT2D eigenvalue weighted by atomic mass is 10.1. The van der Waals surface area contributed by atoms with Gasteiger partial charge in [-0.05, 0) is 30.7 Å². The van der Waals surface area contributed by atoms with Gasteiger partial charge in [-0.2, -0.15) is 0 Å². The molecular weight excluding hydrogens is 378 g/mol. The van der Waals surface area contributed by atoms with Crippen molar-refractivity contribution in [2.45, 2.75) is 36.4 Å². The second-order valence-corrected chi connectivity index (χ2v) is 10.5. The molecule has 0 unspecified atom stereocenters. The SMILES string of the molecule is CCc1ccc(S(=O)(=O)NC[C@H](c2ccc(N(C)C)cc2)[NH+]2CCCC2)s1. The van der Waals surface area contributed by atoms with Crippen LogP contribution in [0.15, 0.2) is 40.6 Å². The number of thiophene rings is 1. The zero-order chi connectivity index (χ0) is 19.4. The maximum absolute atomic E-state index is 12.7. The topological polar surface area (TPSA) is 53.9 Å². The fourth-order valence-corrected chi connectivity index (χ4v) is 6.02. The van der Waals surface area contributed by atoms with E-state index in [-0.39, 0.29) is 6.04 Å². The number of likely N-dealkylation sites (tertiary alicyclic amines) is 1. The summed E-state index contributed by atoms with van der Waals surface area (Å²) in [6.45, 7) is 4.67. The monoisotopic (exact) mass is 408 g/mol. The van der Waals surface area contributed by atoms with Crippen molar-refractivity contribution in [3.05, 3.63) is 46.8 Å². The van der Waals surface area contributed by atoms with Gasteiger partial charge < -0.3 is 9.80 Å². The van der Waals surface area contributed by atoms with Gasteiger partial charge in [0.25, 0.3) is 0 Å². The van der Waals surface area contributed by atoms with Crippen LogP contribution in [-0.2, 0) is 16.4 Å². The lowest BCUT2D eigenvalue weighted by Gasteiger charge is -2.25. The summed E-state index contributed by atoms with van der Waals surface area (Å²) in [5, 5.41) is 0. The third-order valence-corrected chi connectivity index (χ3v) is 8.42. The Morgan fingerprint density at radius 2 is 1.78 bits per heavy atom. The highest BCUT2D eigenvalue weighted by molar-refractivity contribution is 7.91. The molecule has 0 aliphatic carbocycles. The number of sulfonamides is 1. The van der Waals surface area contributed by atoms with Gasteiger partial charge in [0.15, 0.2) is 0 Å². The molecule has 1 saturated heterocycles. The van der Waals surface area contributed by atoms with E-state index in [1.54, 1.807) is 6.07 Å². The van der Waals surface area contributed by atoms with E-state index in [0.29, 0.717) is 10.8 Å². The summed E-state index contributed by atoms with van der Waals surface area (Å²) in [6, 6.07) is 12.3. The van der Waals surface area contributed by atoms with Crippen LogP contribution in [0.1, 0.15) is 36.2 Å². The molecule has 0 saturated carbocycles. The average Bonchev–Trinajstić information content (AvgIpc) is 3.34. The van der Waals surface area contributed by atoms with Crippen LogP contribution in [0.5, 0.6) is 0 Å². The van der Waals surface area contributed by atoms with Crippen molar-refractivity contribution in [2.24, 2.45) is 0 Å². The van der Waals surface area contributed by atoms with Crippen molar-refractivity contribution in [1.29, 1.82) is 0 Å². The molecule has 1 aliphatic rings. The van der Waals surface area contributed by atoms with Gasteiger partial charge in [-0.15, -0.1) is 11.3 Å². The number of aryl methyl sites for hydroxylation is 1. The first-order chi connectivity index (χ1) is 12.9. The Labute approximate surface area is 167 Å². The Kier molecular flexibility index (Phi) is 6.57. The second-order valence-electron chi connectivity index (χ2n) is 7.33. The number of benzene rings is 1. The van der Waals surface area contributed by atoms with E-state index in [2.05, 4.69) is 33.9 Å². The molecule has 1 atom stereocenters. The summed E-state index contributed by atoms with van der Waals surface area (Å²) in [6.07, 6.45) is 3.28. The van der Waals surface area contributed by atoms with Crippen molar-refractivity contribution >= 4 is 27.0 Å². The highest BCUT2D eigenvalue weighted by Gasteiger charge is 2.29. The standard InChI is InChI=1S/C20H29N3O2S2/c1-4-18-11-12-20(26-18)27(24,25)21-15-19(23-13-5-6-14-23)16-7-9-17(10-8-16)22(2)3/h7-12,19,21H,4-6,13-15H2,1-3H3/p+1/t19-/m1/s1. The first kappa shape index (κ1) is 20.3. The number of nitrogens with one attached hydrogen (secondary N) is 2. The van der Waals surface area contributed by atoms with Crippen LogP contribution in [0.3, 0.4) is 0 Å². The van der Waals surface area contributed by atoms with Crippen molar-refractivity contribution in [3.63, 3.8) is 0 Å². The number of hydrogen-bond donors (Lipinski definition) is 2. The van der Waals surface area contributed by atoms with Crippen molar-refractivity contribution in [1.82, 2.24) is 4.72 Å². The molecule has 0 radical (unpaired) electrons. The molecule has 27 heavy (non-hydrogen) atoms. The summed E-state index contributed by atoms with van der Waals surface area (Å²) in [7, 11) is 0.595. The molecule has 0 bridgehead atoms. The normalized spacial score (nSPS) is 16.6. The van der Waals surface area contributed by atoms with Crippen LogP contribution in [0.2, 0.25) is 0 Å². The van der Waals surface area contributed by atoms with E-state index in [1.807, 2.05) is 27.1 Å². The minimum Gasteiger partial charge on any atom is -0.378 e. The number of quaternary nitrogens is 1. The molecule has 1 aliphatic heterocycles. The van der Waals surface area contributed by atoms with Crippen molar-refractivity contribution < 1.29 is 13.3 Å². The number of nitrogens with zero attached hydrogens (tertiary/aromatic N) is 1. The lowest BCUT2D eigenvalue weighted by Crippen LogP contribution is -3.11. The molecular formula is C20H30N3O2S2+. The Morgan fingerprint density at radius 1 is 1.11 bits per heavy atom. The van der Waals surface area contributed by atoms with Crippen LogP contribution in [0.25, 0.3) is 0 Å². The summed E-state index contributed by atoms with van der Waals surface area (Å²) < 4.78 is 28.8. The minimum atomic E-state index is -3.46. The fraction of sp³-hybridized carbons (Fsp3) is 0.500. The maximum Gasteiger partial charge on any atom is 0.250 e. The van der Waals surface area contributed by atoms with Crippen LogP contribution < -0.4 is 14.5 Å². The van der Waals surface area contributed by atoms with Gasteiger partial charge in [-0.1, -0.05) is 19.1 Å². The fourth-order valence-electron chi connectivity index (χ4n) is 3.64. The van der Waals surface area contributed by atoms with E-state index in [1.165, 1.54) is 34.6 Å². The van der Waals surface area contributed by atoms with E-state index in [4.69, 9.17) is 0 Å². The minimum absolute atomic E-state index is 0.143. The zero-order valence-electron chi connectivity index (χ0n) is 16.4. The molecule has 1 fully saturated rings. The summed E-state index contributed by atoms with van der Waals surface area (Å²) in [4.78, 5) is 4.64. The second kappa shape index (κ2) is 8.73. The van der Waals surface area contributed by atoms with Crippen molar-refractivity contribution in [2.75, 3.05) is 38.6 Å². The molecule has 2 aromatic rings. The van der Waals surface area contributed by atoms with Crippen LogP contribution in [0, 0.1) is 0 Å². The van der Waals surface area contributed by atoms with Gasteiger partial charge in [0.05, 0.1) is 19.6 Å². The maximum atomic E-state index is 12.7. The number of rotatable bonds is 8. The Morgan fingerprint density at radius 3 is 2.33 bits per heavy atom. The smallest absolute Gasteiger partial charge is 0.250 e. The molecule has 1 aromatic carbocycles. The highest BCUT2D eigenvalue weighted by atomic mass is 32.2. The third-order valence-electron chi connectivity index (χ3n) is 5.28. The quantitative estimate of drug-likeness (QED) is 0.703. The van der Waals surface area contributed by atoms with E-state index in [9.17, 15) is 8.42 Å². The van der Waals surface area contributed by atoms with Crippen LogP contribution >= 0.6 is 11.3 Å². The molecule has 2 N–H and O–H groups in total. The third kappa shape index (κ3) is 4.90. The summed E-state index contributed by atoms with van der Waals surface area (Å²) in [5.74, 6) is 0. The van der Waals surface area contributed by atoms with Crippen LogP contribution in [0.4, 0.5) is 5.69 Å². The average molecular weight is 409 g/mol. The van der Waals surface area contributed by atoms with Gasteiger partial charge in [0, 0.05) is 43.1 Å². The zero-order valence-corrected chi connectivity index (χ0v) is 18.0. The van der Waals surface area contributed by atoms with Gasteiger partial charge in [-0.25, -0.2) is 13.1 Å². The molecule has 148 valence electrons. The number of hydrogen-bond acceptors (Lipinski definition) is 4. The predicted octanol–water partition coefficient (Wildman–Crippen LogP) is 2.07. The van der Waals surface area contributed by atoms with Gasteiger partial charge >= 0.3 is 0 Å². The van der Waals surface area contributed by atoms with Crippen LogP contribution in [-0.4, -0.2) is 42.1 Å². The molecule has 1 aromatic heterocycles. The summed E-state index contributed by atoms with van der Waals surface area (Å²) >= 11 is 1.36. The largest absolute Gasteiger partial charge is 0.378 e. The van der Waals surface area contributed by atoms with E-state index in [0.717, 1.165) is 30.1 Å². The molecule has 3 rings (SSSR count). The Balaban J connectivity index is 1.77. The molecule has 5 nitrogen and oxygen atoms in total. The van der Waals surface area contributed by atoms with E-state index < -0.39 is 10.0 Å².